The Morgan fingerprint density at radius 2 is 1.48 bits per heavy atom. The molecule has 0 amide bonds. The summed E-state index contributed by atoms with van der Waals surface area (Å²) in [5, 5.41) is 12.6. The van der Waals surface area contributed by atoms with E-state index in [9.17, 15) is 5.11 Å². The molecule has 0 bridgehead atoms. The zero-order chi connectivity index (χ0) is 23.4. The lowest BCUT2D eigenvalue weighted by Gasteiger charge is -2.35. The van der Waals surface area contributed by atoms with E-state index in [-0.39, 0.29) is 16.4 Å². The Morgan fingerprint density at radius 3 is 2.03 bits per heavy atom. The molecule has 0 aliphatic carbocycles. The molecule has 1 aromatic heterocycles. The van der Waals surface area contributed by atoms with Gasteiger partial charge in [0, 0.05) is 21.9 Å². The van der Waals surface area contributed by atoms with E-state index in [0.29, 0.717) is 11.7 Å². The first-order chi connectivity index (χ1) is 14.1. The van der Waals surface area contributed by atoms with Gasteiger partial charge in [-0.1, -0.05) is 61.8 Å². The third-order valence-corrected chi connectivity index (χ3v) is 6.40. The topological polar surface area (TPSA) is 42.6 Å². The van der Waals surface area contributed by atoms with Crippen molar-refractivity contribution in [1.29, 1.82) is 0 Å². The van der Waals surface area contributed by atoms with Crippen LogP contribution in [0.25, 0.3) is 21.9 Å². The Bertz CT molecular complexity index is 1090. The number of benzene rings is 2. The number of hydrogen-bond acceptors (Lipinski definition) is 3. The molecule has 170 valence electrons. The van der Waals surface area contributed by atoms with Crippen molar-refractivity contribution in [3.63, 3.8) is 0 Å². The van der Waals surface area contributed by atoms with Crippen LogP contribution in [-0.2, 0) is 5.41 Å². The smallest absolute Gasteiger partial charge is 0.135 e. The van der Waals surface area contributed by atoms with Crippen LogP contribution in [0.15, 0.2) is 28.7 Å². The van der Waals surface area contributed by atoms with Crippen LogP contribution in [0.4, 0.5) is 0 Å². The van der Waals surface area contributed by atoms with Gasteiger partial charge in [-0.2, -0.15) is 0 Å². The van der Waals surface area contributed by atoms with Crippen LogP contribution >= 0.6 is 0 Å². The van der Waals surface area contributed by atoms with Gasteiger partial charge >= 0.3 is 0 Å². The number of phenolic OH excluding ortho intramolecular Hbond substituents is 1. The largest absolute Gasteiger partial charge is 0.508 e. The Hall–Kier alpha value is -2.16. The quantitative estimate of drug-likeness (QED) is 0.430. The van der Waals surface area contributed by atoms with Crippen molar-refractivity contribution >= 4 is 21.9 Å². The highest BCUT2D eigenvalue weighted by atomic mass is 16.5. The molecule has 31 heavy (non-hydrogen) atoms. The van der Waals surface area contributed by atoms with Gasteiger partial charge in [-0.05, 0) is 61.3 Å². The average Bonchev–Trinajstić information content (AvgIpc) is 2.94. The van der Waals surface area contributed by atoms with Gasteiger partial charge in [-0.15, -0.1) is 0 Å². The molecule has 3 aromatic rings. The second kappa shape index (κ2) is 7.76. The maximum atomic E-state index is 10.7. The predicted octanol–water partition coefficient (Wildman–Crippen LogP) is 8.70. The van der Waals surface area contributed by atoms with Crippen LogP contribution in [0, 0.1) is 5.41 Å². The average molecular weight is 425 g/mol. The fourth-order valence-corrected chi connectivity index (χ4v) is 4.60. The zero-order valence-corrected chi connectivity index (χ0v) is 21.1. The summed E-state index contributed by atoms with van der Waals surface area (Å²) in [5.74, 6) is 1.52. The molecule has 0 atom stereocenters. The third kappa shape index (κ3) is 4.86. The molecule has 3 nitrogen and oxygen atoms in total. The summed E-state index contributed by atoms with van der Waals surface area (Å²) < 4.78 is 12.9. The molecule has 0 radical (unpaired) electrons. The first-order valence-electron chi connectivity index (χ1n) is 11.6. The fraction of sp³-hybridized carbons (Fsp3) is 0.571. The number of hydrogen-bond donors (Lipinski definition) is 1. The lowest BCUT2D eigenvalue weighted by Crippen LogP contribution is -2.34. The standard InChI is InChI=1S/C28H40O3/c1-11-27(7,8)16-28(9,10)31-25-14-20-19-12-22(29)21(26(4,5)6)15-24(19)30-23(20)13-18(25)17(2)3/h12-15,17,29H,11,16H2,1-10H3. The molecule has 0 spiro atoms. The van der Waals surface area contributed by atoms with Crippen molar-refractivity contribution in [1.82, 2.24) is 0 Å². The molecule has 0 aliphatic rings. The molecule has 0 fully saturated rings. The van der Waals surface area contributed by atoms with Crippen molar-refractivity contribution in [3.8, 4) is 11.5 Å². The molecular weight excluding hydrogens is 384 g/mol. The minimum atomic E-state index is -0.294. The summed E-state index contributed by atoms with van der Waals surface area (Å²) in [6, 6.07) is 8.04. The number of rotatable bonds is 6. The van der Waals surface area contributed by atoms with Gasteiger partial charge in [0.2, 0.25) is 0 Å². The molecule has 3 rings (SSSR count). The summed E-state index contributed by atoms with van der Waals surface area (Å²) in [7, 11) is 0. The predicted molar refractivity (Wildman–Crippen MR) is 132 cm³/mol. The summed E-state index contributed by atoms with van der Waals surface area (Å²) in [6.45, 7) is 21.8. The maximum Gasteiger partial charge on any atom is 0.135 e. The van der Waals surface area contributed by atoms with Gasteiger partial charge < -0.3 is 14.3 Å². The normalized spacial score (nSPS) is 13.5. The van der Waals surface area contributed by atoms with Crippen LogP contribution in [0.5, 0.6) is 11.5 Å². The second-order valence-electron chi connectivity index (χ2n) is 11.8. The molecule has 0 saturated carbocycles. The van der Waals surface area contributed by atoms with E-state index in [2.05, 4.69) is 81.4 Å². The van der Waals surface area contributed by atoms with E-state index >= 15 is 0 Å². The lowest BCUT2D eigenvalue weighted by atomic mass is 9.79. The van der Waals surface area contributed by atoms with Gasteiger partial charge in [-0.25, -0.2) is 0 Å². The van der Waals surface area contributed by atoms with E-state index in [1.54, 1.807) is 0 Å². The Balaban J connectivity index is 2.16. The Kier molecular flexibility index (Phi) is 5.88. The molecular formula is C28H40O3. The van der Waals surface area contributed by atoms with Crippen molar-refractivity contribution in [2.24, 2.45) is 5.41 Å². The molecule has 0 unspecified atom stereocenters. The minimum absolute atomic E-state index is 0.162. The monoisotopic (exact) mass is 424 g/mol. The number of furan rings is 1. The maximum absolute atomic E-state index is 10.7. The van der Waals surface area contributed by atoms with Gasteiger partial charge in [0.1, 0.15) is 28.3 Å². The Morgan fingerprint density at radius 1 is 0.903 bits per heavy atom. The van der Waals surface area contributed by atoms with Gasteiger partial charge in [0.15, 0.2) is 0 Å². The van der Waals surface area contributed by atoms with Crippen LogP contribution in [0.1, 0.15) is 99.1 Å². The summed E-state index contributed by atoms with van der Waals surface area (Å²) >= 11 is 0. The number of phenols is 1. The summed E-state index contributed by atoms with van der Waals surface area (Å²) in [4.78, 5) is 0. The molecule has 3 heteroatoms. The number of fused-ring (bicyclic) bond motifs is 3. The van der Waals surface area contributed by atoms with E-state index in [1.165, 1.54) is 0 Å². The van der Waals surface area contributed by atoms with Gasteiger partial charge in [0.25, 0.3) is 0 Å². The molecule has 2 aromatic carbocycles. The van der Waals surface area contributed by atoms with Crippen LogP contribution < -0.4 is 4.74 Å². The van der Waals surface area contributed by atoms with Crippen LogP contribution in [-0.4, -0.2) is 10.7 Å². The highest BCUT2D eigenvalue weighted by molar-refractivity contribution is 6.06. The van der Waals surface area contributed by atoms with E-state index < -0.39 is 0 Å². The third-order valence-electron chi connectivity index (χ3n) is 6.40. The van der Waals surface area contributed by atoms with Crippen molar-refractivity contribution in [2.75, 3.05) is 0 Å². The molecule has 0 saturated heterocycles. The minimum Gasteiger partial charge on any atom is -0.508 e. The molecule has 1 heterocycles. The lowest BCUT2D eigenvalue weighted by molar-refractivity contribution is 0.0539. The van der Waals surface area contributed by atoms with Crippen LogP contribution in [0.3, 0.4) is 0 Å². The number of aromatic hydroxyl groups is 1. The van der Waals surface area contributed by atoms with Crippen molar-refractivity contribution < 1.29 is 14.3 Å². The summed E-state index contributed by atoms with van der Waals surface area (Å²) in [5.41, 5.74) is 3.43. The first kappa shape index (κ1) is 23.5. The van der Waals surface area contributed by atoms with E-state index in [1.807, 2.05) is 12.1 Å². The van der Waals surface area contributed by atoms with Crippen molar-refractivity contribution in [2.45, 2.75) is 99.0 Å². The van der Waals surface area contributed by atoms with E-state index in [4.69, 9.17) is 9.15 Å². The second-order valence-corrected chi connectivity index (χ2v) is 11.8. The van der Waals surface area contributed by atoms with Gasteiger partial charge in [-0.3, -0.25) is 0 Å². The highest BCUT2D eigenvalue weighted by Crippen LogP contribution is 2.43. The van der Waals surface area contributed by atoms with Crippen molar-refractivity contribution in [3.05, 3.63) is 35.4 Å². The number of ether oxygens (including phenoxy) is 1. The van der Waals surface area contributed by atoms with E-state index in [0.717, 1.165) is 51.7 Å². The zero-order valence-electron chi connectivity index (χ0n) is 21.1. The highest BCUT2D eigenvalue weighted by Gasteiger charge is 2.30. The molecule has 1 N–H and O–H groups in total. The van der Waals surface area contributed by atoms with Crippen LogP contribution in [0.2, 0.25) is 0 Å². The summed E-state index contributed by atoms with van der Waals surface area (Å²) in [6.07, 6.45) is 2.07. The van der Waals surface area contributed by atoms with Gasteiger partial charge in [0.05, 0.1) is 0 Å². The SMILES string of the molecule is CCC(C)(C)CC(C)(C)Oc1cc2c(cc1C(C)C)oc1cc(C(C)(C)C)c(O)cc12. The fourth-order valence-electron chi connectivity index (χ4n) is 4.60. The Labute approximate surface area is 187 Å². The first-order valence-corrected chi connectivity index (χ1v) is 11.6. The molecule has 0 aliphatic heterocycles.